The Morgan fingerprint density at radius 2 is 1.65 bits per heavy atom. The molecule has 17 heavy (non-hydrogen) atoms. The van der Waals surface area contributed by atoms with E-state index in [1.807, 2.05) is 0 Å². The van der Waals surface area contributed by atoms with Crippen LogP contribution in [0.2, 0.25) is 0 Å². The molecule has 0 radical (unpaired) electrons. The van der Waals surface area contributed by atoms with E-state index in [1.54, 1.807) is 0 Å². The Balaban J connectivity index is 1.94. The van der Waals surface area contributed by atoms with Gasteiger partial charge in [0.1, 0.15) is 0 Å². The van der Waals surface area contributed by atoms with Crippen molar-refractivity contribution in [3.8, 4) is 0 Å². The Bertz CT molecular complexity index is 408. The molecule has 0 spiro atoms. The first-order valence-corrected chi connectivity index (χ1v) is 6.42. The van der Waals surface area contributed by atoms with Gasteiger partial charge in [0.25, 0.3) is 0 Å². The van der Waals surface area contributed by atoms with Gasteiger partial charge in [0.05, 0.1) is 0 Å². The Hall–Kier alpha value is -1.12. The van der Waals surface area contributed by atoms with E-state index in [1.165, 1.54) is 5.56 Å². The van der Waals surface area contributed by atoms with Gasteiger partial charge in [0.2, 0.25) is 0 Å². The minimum atomic E-state index is 0.0994. The monoisotopic (exact) mass is 228 g/mol. The lowest BCUT2D eigenvalue weighted by atomic mass is 9.89. The molecule has 1 fully saturated rings. The Morgan fingerprint density at radius 3 is 2.24 bits per heavy atom. The number of hydrogen-bond donors (Lipinski definition) is 1. The van der Waals surface area contributed by atoms with Gasteiger partial charge in [0, 0.05) is 30.7 Å². The molecular weight excluding hydrogens is 208 g/mol. The van der Waals surface area contributed by atoms with Crippen molar-refractivity contribution in [2.75, 3.05) is 13.1 Å². The maximum Gasteiger partial charge on any atom is 0.0418 e. The number of piperazine rings is 1. The van der Waals surface area contributed by atoms with Crippen LogP contribution in [0.3, 0.4) is 0 Å². The van der Waals surface area contributed by atoms with Gasteiger partial charge >= 0.3 is 0 Å². The minimum absolute atomic E-state index is 0.0994. The number of benzene rings is 1. The maximum absolute atomic E-state index is 3.50. The van der Waals surface area contributed by atoms with Crippen molar-refractivity contribution in [2.24, 2.45) is 0 Å². The summed E-state index contributed by atoms with van der Waals surface area (Å²) in [5, 5.41) is 3.50. The van der Waals surface area contributed by atoms with Crippen molar-refractivity contribution in [3.05, 3.63) is 48.0 Å². The van der Waals surface area contributed by atoms with Gasteiger partial charge in [-0.2, -0.15) is 0 Å². The molecule has 1 saturated heterocycles. The van der Waals surface area contributed by atoms with Gasteiger partial charge in [-0.25, -0.2) is 0 Å². The lowest BCUT2D eigenvalue weighted by Crippen LogP contribution is -2.59. The molecule has 0 unspecified atom stereocenters. The maximum atomic E-state index is 3.50. The van der Waals surface area contributed by atoms with Gasteiger partial charge in [-0.05, 0) is 19.4 Å². The molecule has 2 bridgehead atoms. The van der Waals surface area contributed by atoms with Crippen LogP contribution < -0.4 is 5.32 Å². The summed E-state index contributed by atoms with van der Waals surface area (Å²) in [5.74, 6) is 0. The van der Waals surface area contributed by atoms with Gasteiger partial charge in [-0.3, -0.25) is 4.90 Å². The largest absolute Gasteiger partial charge is 0.313 e. The highest BCUT2D eigenvalue weighted by atomic mass is 15.3. The van der Waals surface area contributed by atoms with Crippen LogP contribution in [0.15, 0.2) is 42.5 Å². The van der Waals surface area contributed by atoms with Crippen LogP contribution in [0.25, 0.3) is 0 Å². The summed E-state index contributed by atoms with van der Waals surface area (Å²) < 4.78 is 0. The second kappa shape index (κ2) is 3.97. The molecule has 0 saturated carbocycles. The molecule has 0 amide bonds. The topological polar surface area (TPSA) is 15.3 Å². The van der Waals surface area contributed by atoms with Crippen LogP contribution in [-0.2, 0) is 5.54 Å². The molecule has 2 atom stereocenters. The molecule has 2 heterocycles. The summed E-state index contributed by atoms with van der Waals surface area (Å²) >= 11 is 0. The average molecular weight is 228 g/mol. The number of fused-ring (bicyclic) bond motifs is 2. The third-order valence-electron chi connectivity index (χ3n) is 4.10. The van der Waals surface area contributed by atoms with Crippen molar-refractivity contribution < 1.29 is 0 Å². The number of hydrogen-bond acceptors (Lipinski definition) is 2. The highest BCUT2D eigenvalue weighted by Gasteiger charge is 2.41. The van der Waals surface area contributed by atoms with E-state index in [0.29, 0.717) is 12.1 Å². The first-order valence-electron chi connectivity index (χ1n) is 6.42. The van der Waals surface area contributed by atoms with Crippen molar-refractivity contribution in [2.45, 2.75) is 31.5 Å². The highest BCUT2D eigenvalue weighted by Crippen LogP contribution is 2.36. The van der Waals surface area contributed by atoms with Crippen LogP contribution in [0.1, 0.15) is 19.4 Å². The van der Waals surface area contributed by atoms with Crippen molar-refractivity contribution in [1.29, 1.82) is 0 Å². The zero-order valence-electron chi connectivity index (χ0n) is 10.6. The summed E-state index contributed by atoms with van der Waals surface area (Å²) in [7, 11) is 0. The predicted molar refractivity (Wildman–Crippen MR) is 70.9 cm³/mol. The summed E-state index contributed by atoms with van der Waals surface area (Å²) in [4.78, 5) is 2.64. The quantitative estimate of drug-likeness (QED) is 0.780. The zero-order chi connectivity index (χ0) is 11.9. The first-order chi connectivity index (χ1) is 8.19. The molecule has 2 aliphatic rings. The smallest absolute Gasteiger partial charge is 0.0418 e. The number of rotatable bonds is 2. The number of nitrogens with one attached hydrogen (secondary N) is 1. The highest BCUT2D eigenvalue weighted by molar-refractivity contribution is 5.27. The SMILES string of the molecule is CC(C)(c1ccccc1)N1[C@@H]2C=C[C@H]1CNC2. The molecule has 1 aromatic carbocycles. The molecule has 1 N–H and O–H groups in total. The third kappa shape index (κ3) is 1.72. The Morgan fingerprint density at radius 1 is 1.06 bits per heavy atom. The van der Waals surface area contributed by atoms with E-state index in [-0.39, 0.29) is 5.54 Å². The molecule has 0 aliphatic carbocycles. The van der Waals surface area contributed by atoms with E-state index in [4.69, 9.17) is 0 Å². The molecule has 0 aromatic heterocycles. The third-order valence-corrected chi connectivity index (χ3v) is 4.10. The van der Waals surface area contributed by atoms with E-state index in [2.05, 4.69) is 66.5 Å². The van der Waals surface area contributed by atoms with Gasteiger partial charge < -0.3 is 5.32 Å². The fourth-order valence-corrected chi connectivity index (χ4v) is 3.22. The fraction of sp³-hybridized carbons (Fsp3) is 0.467. The summed E-state index contributed by atoms with van der Waals surface area (Å²) in [6.45, 7) is 6.81. The standard InChI is InChI=1S/C15H20N2/c1-15(2,12-6-4-3-5-7-12)17-13-8-9-14(17)11-16-10-13/h3-9,13-14,16H,10-11H2,1-2H3/t13-,14+. The molecule has 3 rings (SSSR count). The summed E-state index contributed by atoms with van der Waals surface area (Å²) in [6.07, 6.45) is 4.71. The van der Waals surface area contributed by atoms with Crippen LogP contribution in [0, 0.1) is 0 Å². The van der Waals surface area contributed by atoms with E-state index < -0.39 is 0 Å². The van der Waals surface area contributed by atoms with Crippen LogP contribution in [-0.4, -0.2) is 30.1 Å². The van der Waals surface area contributed by atoms with Crippen molar-refractivity contribution >= 4 is 0 Å². The van der Waals surface area contributed by atoms with Crippen LogP contribution in [0.5, 0.6) is 0 Å². The first kappa shape index (κ1) is 11.0. The average Bonchev–Trinajstić information content (AvgIpc) is 2.62. The van der Waals surface area contributed by atoms with E-state index >= 15 is 0 Å². The van der Waals surface area contributed by atoms with Crippen molar-refractivity contribution in [3.63, 3.8) is 0 Å². The van der Waals surface area contributed by atoms with E-state index in [0.717, 1.165) is 13.1 Å². The normalized spacial score (nSPS) is 28.6. The molecule has 1 aromatic rings. The van der Waals surface area contributed by atoms with Gasteiger partial charge in [-0.15, -0.1) is 0 Å². The second-order valence-electron chi connectivity index (χ2n) is 5.51. The van der Waals surface area contributed by atoms with Crippen LogP contribution >= 0.6 is 0 Å². The molecular formula is C15H20N2. The van der Waals surface area contributed by atoms with E-state index in [9.17, 15) is 0 Å². The summed E-state index contributed by atoms with van der Waals surface area (Å²) in [5.41, 5.74) is 1.50. The molecule has 90 valence electrons. The lowest BCUT2D eigenvalue weighted by Gasteiger charge is -2.46. The van der Waals surface area contributed by atoms with Crippen molar-refractivity contribution in [1.82, 2.24) is 10.2 Å². The Labute approximate surface area is 103 Å². The van der Waals surface area contributed by atoms with Gasteiger partial charge in [-0.1, -0.05) is 42.5 Å². The molecule has 2 aliphatic heterocycles. The second-order valence-corrected chi connectivity index (χ2v) is 5.51. The fourth-order valence-electron chi connectivity index (χ4n) is 3.22. The summed E-state index contributed by atoms with van der Waals surface area (Å²) in [6, 6.07) is 11.9. The minimum Gasteiger partial charge on any atom is -0.313 e. The predicted octanol–water partition coefficient (Wildman–Crippen LogP) is 2.13. The Kier molecular flexibility index (Phi) is 2.57. The molecule has 2 heteroatoms. The molecule has 2 nitrogen and oxygen atoms in total. The zero-order valence-corrected chi connectivity index (χ0v) is 10.6. The number of nitrogens with zero attached hydrogens (tertiary/aromatic N) is 1. The van der Waals surface area contributed by atoms with Gasteiger partial charge in [0.15, 0.2) is 0 Å². The van der Waals surface area contributed by atoms with Crippen LogP contribution in [0.4, 0.5) is 0 Å². The lowest BCUT2D eigenvalue weighted by molar-refractivity contribution is 0.0502.